The molecule has 21 N–H and O–H groups in total. The van der Waals surface area contributed by atoms with Crippen molar-refractivity contribution in [3.8, 4) is 0 Å². The number of aliphatic hydroxyl groups is 8. The van der Waals surface area contributed by atoms with E-state index in [9.17, 15) is 40.9 Å². The molecule has 268 valence electrons. The molecule has 3 rings (SSSR count). The Balaban J connectivity index is 0.00000130. The zero-order valence-corrected chi connectivity index (χ0v) is 25.1. The second-order valence-electron chi connectivity index (χ2n) is 10.8. The molecule has 2 aliphatic heterocycles. The van der Waals surface area contributed by atoms with Crippen molar-refractivity contribution >= 4 is 10.4 Å². The van der Waals surface area contributed by atoms with Crippen LogP contribution in [0.5, 0.6) is 0 Å². The van der Waals surface area contributed by atoms with Crippen LogP contribution in [0.25, 0.3) is 0 Å². The number of hydrogen-bond donors (Lipinski definition) is 17. The van der Waals surface area contributed by atoms with E-state index < -0.39 is 127 Å². The molecule has 2 heterocycles. The van der Waals surface area contributed by atoms with Gasteiger partial charge in [0.2, 0.25) is 0 Å². The lowest BCUT2D eigenvalue weighted by molar-refractivity contribution is -0.318. The van der Waals surface area contributed by atoms with Crippen molar-refractivity contribution in [2.75, 3.05) is 20.3 Å². The normalized spacial score (nSPS) is 44.2. The fourth-order valence-corrected chi connectivity index (χ4v) is 5.41. The molecule has 3 aliphatic rings. The zero-order chi connectivity index (χ0) is 34.6. The molecule has 45 heavy (non-hydrogen) atoms. The van der Waals surface area contributed by atoms with Gasteiger partial charge < -0.3 is 88.1 Å². The van der Waals surface area contributed by atoms with Gasteiger partial charge in [-0.2, -0.15) is 8.42 Å². The molecule has 0 aromatic heterocycles. The van der Waals surface area contributed by atoms with Gasteiger partial charge in [-0.05, 0) is 14.0 Å². The Bertz CT molecular complexity index is 1010. The molecule has 1 saturated carbocycles. The van der Waals surface area contributed by atoms with Crippen molar-refractivity contribution < 1.29 is 77.3 Å². The minimum atomic E-state index is -4.67. The van der Waals surface area contributed by atoms with Gasteiger partial charge in [0, 0.05) is 0 Å². The van der Waals surface area contributed by atoms with Gasteiger partial charge in [0.25, 0.3) is 0 Å². The Morgan fingerprint density at radius 2 is 1.31 bits per heavy atom. The van der Waals surface area contributed by atoms with Crippen LogP contribution in [-0.4, -0.2) is 182 Å². The summed E-state index contributed by atoms with van der Waals surface area (Å²) in [5.41, 5.74) is 20.3. The molecular formula is C21H47N7O16S. The standard InChI is InChI=1S/C21H45N7O12.H2O4S/c1-5-21(36,4-30)16(40-17-9(26-2)13(34)10(31)6(3-29)38-17)18(37-5)39-15-8(28-20(24)25)11(32)7(27-19(22)23)12(33)14(15)35;1-5(2,3)4/h5-20,26-36H,3-4,22-25H2,1-2H3;(H2,1,2,3,4)/t5-,6-,7+,8-,9-,10-,11+,12-,13-,14+,15+,16-,17-,18-,21+;/m0./s1. The molecule has 23 nitrogen and oxygen atoms in total. The minimum absolute atomic E-state index is 0.672. The number of nitrogens with two attached hydrogens (primary N) is 4. The first-order chi connectivity index (χ1) is 20.7. The summed E-state index contributed by atoms with van der Waals surface area (Å²) in [5, 5.41) is 92.5. The third-order valence-electron chi connectivity index (χ3n) is 7.74. The second kappa shape index (κ2) is 16.5. The van der Waals surface area contributed by atoms with E-state index in [0.717, 1.165) is 0 Å². The highest BCUT2D eigenvalue weighted by molar-refractivity contribution is 7.79. The van der Waals surface area contributed by atoms with E-state index in [1.165, 1.54) is 14.0 Å². The predicted molar refractivity (Wildman–Crippen MR) is 147 cm³/mol. The van der Waals surface area contributed by atoms with Gasteiger partial charge in [0.1, 0.15) is 60.9 Å². The Morgan fingerprint density at radius 1 is 0.800 bits per heavy atom. The molecule has 2 saturated heterocycles. The highest BCUT2D eigenvalue weighted by Crippen LogP contribution is 2.38. The summed E-state index contributed by atoms with van der Waals surface area (Å²) in [6, 6.07) is -3.58. The fourth-order valence-electron chi connectivity index (χ4n) is 5.41. The lowest BCUT2D eigenvalue weighted by atomic mass is 9.81. The van der Waals surface area contributed by atoms with Gasteiger partial charge in [-0.3, -0.25) is 19.7 Å². The SMILES string of the molecule is CN[C@@H]1[C@H](O[C@H]2[C@H](O[C@H]3[C@H](O)[C@@H](O)[C@H](NC(N)N)[C@@H](O)[C@@H]3NC(N)N)O[C@@H](C)[C@]2(O)CO)O[C@@H](CO)[C@H](O)[C@H]1O.O=S(=O)(O)O. The quantitative estimate of drug-likeness (QED) is 0.0708. The van der Waals surface area contributed by atoms with Crippen LogP contribution in [0.1, 0.15) is 6.92 Å². The van der Waals surface area contributed by atoms with Gasteiger partial charge in [0.05, 0.1) is 43.5 Å². The molecular weight excluding hydrogens is 638 g/mol. The topological polar surface area (TPSA) is 414 Å². The van der Waals surface area contributed by atoms with Gasteiger partial charge >= 0.3 is 10.4 Å². The van der Waals surface area contributed by atoms with Crippen LogP contribution < -0.4 is 38.9 Å². The Labute approximate surface area is 257 Å². The van der Waals surface area contributed by atoms with Crippen LogP contribution >= 0.6 is 0 Å². The molecule has 24 heteroatoms. The number of hydrogen-bond acceptors (Lipinski definition) is 21. The van der Waals surface area contributed by atoms with Crippen LogP contribution in [0, 0.1) is 0 Å². The lowest BCUT2D eigenvalue weighted by Crippen LogP contribution is -2.75. The summed E-state index contributed by atoms with van der Waals surface area (Å²) >= 11 is 0. The maximum Gasteiger partial charge on any atom is 0.394 e. The fraction of sp³-hybridized carbons (Fsp3) is 1.00. The van der Waals surface area contributed by atoms with Gasteiger partial charge in [-0.1, -0.05) is 0 Å². The first-order valence-corrected chi connectivity index (χ1v) is 15.0. The molecule has 15 atom stereocenters. The average Bonchev–Trinajstić information content (AvgIpc) is 3.16. The summed E-state index contributed by atoms with van der Waals surface area (Å²) in [4.78, 5) is 0. The van der Waals surface area contributed by atoms with Crippen molar-refractivity contribution in [3.05, 3.63) is 0 Å². The molecule has 3 fully saturated rings. The van der Waals surface area contributed by atoms with Gasteiger partial charge in [0.15, 0.2) is 12.6 Å². The van der Waals surface area contributed by atoms with E-state index in [-0.39, 0.29) is 0 Å². The largest absolute Gasteiger partial charge is 0.394 e. The molecule has 0 spiro atoms. The lowest BCUT2D eigenvalue weighted by Gasteiger charge is -2.48. The molecule has 0 bridgehead atoms. The van der Waals surface area contributed by atoms with Crippen LogP contribution in [0.3, 0.4) is 0 Å². The summed E-state index contributed by atoms with van der Waals surface area (Å²) in [6.45, 7) is -0.148. The first-order valence-electron chi connectivity index (χ1n) is 13.6. The second-order valence-corrected chi connectivity index (χ2v) is 11.7. The number of nitrogens with one attached hydrogen (secondary N) is 3. The summed E-state index contributed by atoms with van der Waals surface area (Å²) in [6.07, 6.45) is -18.7. The van der Waals surface area contributed by atoms with Crippen molar-refractivity contribution in [2.24, 2.45) is 22.9 Å². The molecule has 0 radical (unpaired) electrons. The first kappa shape index (κ1) is 40.3. The van der Waals surface area contributed by atoms with Crippen LogP contribution in [0.4, 0.5) is 0 Å². The number of rotatable bonds is 11. The van der Waals surface area contributed by atoms with Crippen molar-refractivity contribution in [1.29, 1.82) is 0 Å². The van der Waals surface area contributed by atoms with Crippen molar-refractivity contribution in [3.63, 3.8) is 0 Å². The molecule has 0 aromatic rings. The number of ether oxygens (including phenoxy) is 4. The molecule has 0 amide bonds. The Hall–Kier alpha value is -0.890. The molecule has 1 aliphatic carbocycles. The highest BCUT2D eigenvalue weighted by Gasteiger charge is 2.60. The Kier molecular flexibility index (Phi) is 14.8. The Morgan fingerprint density at radius 3 is 1.78 bits per heavy atom. The van der Waals surface area contributed by atoms with E-state index in [1.54, 1.807) is 0 Å². The zero-order valence-electron chi connectivity index (χ0n) is 24.3. The monoisotopic (exact) mass is 685 g/mol. The van der Waals surface area contributed by atoms with Gasteiger partial charge in [-0.25, -0.2) is 0 Å². The van der Waals surface area contributed by atoms with Crippen LogP contribution in [0.2, 0.25) is 0 Å². The minimum Gasteiger partial charge on any atom is -0.394 e. The average molecular weight is 686 g/mol. The van der Waals surface area contributed by atoms with E-state index in [2.05, 4.69) is 16.0 Å². The van der Waals surface area contributed by atoms with Crippen LogP contribution in [0.15, 0.2) is 0 Å². The maximum atomic E-state index is 11.3. The van der Waals surface area contributed by atoms with Crippen molar-refractivity contribution in [1.82, 2.24) is 16.0 Å². The van der Waals surface area contributed by atoms with E-state index in [4.69, 9.17) is 59.4 Å². The third kappa shape index (κ3) is 9.83. The summed E-state index contributed by atoms with van der Waals surface area (Å²) < 4.78 is 54.9. The summed E-state index contributed by atoms with van der Waals surface area (Å²) in [5.74, 6) is 0. The van der Waals surface area contributed by atoms with E-state index in [1.807, 2.05) is 0 Å². The molecule has 0 unspecified atom stereocenters. The highest BCUT2D eigenvalue weighted by atomic mass is 32.3. The maximum absolute atomic E-state index is 11.3. The molecule has 0 aromatic carbocycles. The van der Waals surface area contributed by atoms with E-state index >= 15 is 0 Å². The van der Waals surface area contributed by atoms with E-state index in [0.29, 0.717) is 0 Å². The third-order valence-corrected chi connectivity index (χ3v) is 7.74. The van der Waals surface area contributed by atoms with Crippen LogP contribution in [-0.2, 0) is 29.3 Å². The number of likely N-dealkylation sites (N-methyl/N-ethyl adjacent to an activating group) is 1. The number of aliphatic hydroxyl groups excluding tert-OH is 7. The summed E-state index contributed by atoms with van der Waals surface area (Å²) in [7, 11) is -3.22. The van der Waals surface area contributed by atoms with Gasteiger partial charge in [-0.15, -0.1) is 0 Å². The van der Waals surface area contributed by atoms with Crippen molar-refractivity contribution in [2.45, 2.75) is 111 Å². The smallest absolute Gasteiger partial charge is 0.394 e. The predicted octanol–water partition coefficient (Wildman–Crippen LogP) is -9.99.